The van der Waals surface area contributed by atoms with Gasteiger partial charge in [-0.1, -0.05) is 0 Å². The van der Waals surface area contributed by atoms with E-state index in [4.69, 9.17) is 17.5 Å². The molecule has 4 N–H and O–H groups in total. The minimum Gasteiger partial charge on any atom is -0.759 e. The molecule has 0 atom stereocenters. The van der Waals surface area contributed by atoms with Gasteiger partial charge in [-0.25, -0.2) is 0 Å². The molecule has 0 aromatic heterocycles. The molecule has 0 spiro atoms. The normalized spacial score (nSPS) is 8.20. The van der Waals surface area contributed by atoms with E-state index < -0.39 is 10.4 Å². The predicted molar refractivity (Wildman–Crippen MR) is 31.4 cm³/mol. The Balaban J connectivity index is -0.0000000910. The minimum absolute atomic E-state index is 0. The largest absolute Gasteiger partial charge is 2.00 e. The third-order valence-electron chi connectivity index (χ3n) is 0. The van der Waals surface area contributed by atoms with Gasteiger partial charge in [-0.05, 0) is 12.2 Å². The molecule has 0 heterocycles. The van der Waals surface area contributed by atoms with E-state index >= 15 is 0 Å². The van der Waals surface area contributed by atoms with Crippen LogP contribution in [-0.4, -0.2) is 22.6 Å². The molecule has 0 amide bonds. The molecule has 0 saturated heterocycles. The van der Waals surface area contributed by atoms with Crippen molar-refractivity contribution in [1.29, 1.82) is 0 Å². The Kier molecular flexibility index (Phi) is 12.1. The van der Waals surface area contributed by atoms with Gasteiger partial charge in [0.2, 0.25) is 0 Å². The number of rotatable bonds is 0. The van der Waals surface area contributed by atoms with Gasteiger partial charge in [0.1, 0.15) is 0 Å². The van der Waals surface area contributed by atoms with E-state index in [0.29, 0.717) is 0 Å². The number of hydrogen-bond acceptors (Lipinski definition) is 5. The van der Waals surface area contributed by atoms with Crippen LogP contribution in [-0.2, 0) is 29.9 Å². The molecule has 0 aromatic rings. The molecule has 0 fully saturated rings. The summed E-state index contributed by atoms with van der Waals surface area (Å²) >= 11 is 4.09. The summed E-state index contributed by atoms with van der Waals surface area (Å²) in [5, 5.41) is 0.000000000000000222. The fraction of sp³-hybridized carbons (Fsp3) is 0. The quantitative estimate of drug-likeness (QED) is 0.212. The predicted octanol–water partition coefficient (Wildman–Crippen LogP) is -2.15. The smallest absolute Gasteiger partial charge is 0.759 e. The first-order chi connectivity index (χ1) is 3.73. The molecule has 0 rings (SSSR count). The summed E-state index contributed by atoms with van der Waals surface area (Å²) in [6.07, 6.45) is 0. The van der Waals surface area contributed by atoms with Gasteiger partial charge in [0, 0.05) is 10.4 Å². The third-order valence-corrected chi connectivity index (χ3v) is 0. The molecule has 9 heteroatoms. The summed E-state index contributed by atoms with van der Waals surface area (Å²) in [5.74, 6) is 0. The summed E-state index contributed by atoms with van der Waals surface area (Å²) in [5.41, 5.74) is 9.24. The number of hydrogen-bond donors (Lipinski definition) is 2. The molecule has 0 saturated carbocycles. The third kappa shape index (κ3) is 12600. The van der Waals surface area contributed by atoms with E-state index in [-0.39, 0.29) is 24.6 Å². The average Bonchev–Trinajstić information content (AvgIpc) is 1.19. The molecule has 56 valence electrons. The van der Waals surface area contributed by atoms with Crippen LogP contribution in [0.4, 0.5) is 0 Å². The molecule has 10 heavy (non-hydrogen) atoms. The van der Waals surface area contributed by atoms with Gasteiger partial charge >= 0.3 is 19.5 Å². The van der Waals surface area contributed by atoms with E-state index in [1.165, 1.54) is 0 Å². The van der Waals surface area contributed by atoms with Crippen molar-refractivity contribution < 1.29 is 37.0 Å². The Morgan fingerprint density at radius 3 is 1.30 bits per heavy atom. The first-order valence-electron chi connectivity index (χ1n) is 1.45. The van der Waals surface area contributed by atoms with Crippen LogP contribution in [0, 0.1) is 0 Å². The van der Waals surface area contributed by atoms with E-state index in [1.807, 2.05) is 0 Å². The van der Waals surface area contributed by atoms with Crippen molar-refractivity contribution in [3.63, 3.8) is 0 Å². The Labute approximate surface area is 76.3 Å². The van der Waals surface area contributed by atoms with Crippen molar-refractivity contribution in [2.45, 2.75) is 0 Å². The van der Waals surface area contributed by atoms with Crippen LogP contribution >= 0.6 is 12.2 Å². The standard InChI is InChI=1S/CH4N2S.H2O4S.Zn/c2-1(3)4;1-5(2,3)4;/h(H4,2,3,4);(H2,1,2,3,4);/q;;+2/p-2. The van der Waals surface area contributed by atoms with Crippen LogP contribution in [0.15, 0.2) is 0 Å². The molecule has 0 radical (unpaired) electrons. The second kappa shape index (κ2) is 7.29. The van der Waals surface area contributed by atoms with E-state index in [1.54, 1.807) is 0 Å². The topological polar surface area (TPSA) is 132 Å². The SMILES string of the molecule is NC(N)=S.O=S(=O)([O-])[O-].[Zn+2]. The fourth-order valence-electron chi connectivity index (χ4n) is 0. The average molecular weight is 238 g/mol. The first kappa shape index (κ1) is 16.6. The van der Waals surface area contributed by atoms with Crippen molar-refractivity contribution in [3.05, 3.63) is 0 Å². The van der Waals surface area contributed by atoms with E-state index in [2.05, 4.69) is 23.7 Å². The van der Waals surface area contributed by atoms with Gasteiger partial charge in [0.15, 0.2) is 5.11 Å². The molecule has 0 aliphatic carbocycles. The second-order valence-corrected chi connectivity index (χ2v) is 2.10. The first-order valence-corrected chi connectivity index (χ1v) is 3.19. The molecule has 0 bridgehead atoms. The van der Waals surface area contributed by atoms with E-state index in [9.17, 15) is 0 Å². The molecule has 0 unspecified atom stereocenters. The fourth-order valence-corrected chi connectivity index (χ4v) is 0. The van der Waals surface area contributed by atoms with Gasteiger partial charge in [0.25, 0.3) is 0 Å². The van der Waals surface area contributed by atoms with Gasteiger partial charge in [-0.15, -0.1) is 0 Å². The molecule has 0 aliphatic rings. The second-order valence-electron chi connectivity index (χ2n) is 0.811. The molecule has 0 aromatic carbocycles. The van der Waals surface area contributed by atoms with Crippen molar-refractivity contribution in [2.75, 3.05) is 0 Å². The van der Waals surface area contributed by atoms with Crippen molar-refractivity contribution in [3.8, 4) is 0 Å². The number of nitrogens with two attached hydrogens (primary N) is 2. The zero-order valence-electron chi connectivity index (χ0n) is 4.81. The molecule has 0 aliphatic heterocycles. The van der Waals surface area contributed by atoms with Gasteiger partial charge < -0.3 is 20.6 Å². The Bertz CT molecular complexity index is 164. The maximum atomic E-state index is 8.52. The van der Waals surface area contributed by atoms with Crippen LogP contribution in [0.25, 0.3) is 0 Å². The van der Waals surface area contributed by atoms with Crippen LogP contribution in [0.3, 0.4) is 0 Å². The van der Waals surface area contributed by atoms with Crippen LogP contribution in [0.2, 0.25) is 0 Å². The Hall–Kier alpha value is 0.183. The summed E-state index contributed by atoms with van der Waals surface area (Å²) in [7, 11) is -5.17. The van der Waals surface area contributed by atoms with Crippen molar-refractivity contribution >= 4 is 27.7 Å². The Morgan fingerprint density at radius 2 is 1.30 bits per heavy atom. The summed E-state index contributed by atoms with van der Waals surface area (Å²) in [6, 6.07) is 0. The van der Waals surface area contributed by atoms with Gasteiger partial charge in [-0.2, -0.15) is 0 Å². The molecular weight excluding hydrogens is 234 g/mol. The zero-order chi connectivity index (χ0) is 8.08. The Morgan fingerprint density at radius 1 is 1.30 bits per heavy atom. The maximum Gasteiger partial charge on any atom is 2.00 e. The minimum atomic E-state index is -5.17. The monoisotopic (exact) mass is 236 g/mol. The summed E-state index contributed by atoms with van der Waals surface area (Å²) in [4.78, 5) is 0. The zero-order valence-corrected chi connectivity index (χ0v) is 9.41. The molecular formula is CH4N2O4S2Zn. The maximum absolute atomic E-state index is 8.52. The number of thiocarbonyl (C=S) groups is 1. The van der Waals surface area contributed by atoms with Gasteiger partial charge in [0.05, 0.1) is 0 Å². The molecule has 6 nitrogen and oxygen atoms in total. The van der Waals surface area contributed by atoms with Crippen LogP contribution in [0.5, 0.6) is 0 Å². The van der Waals surface area contributed by atoms with Gasteiger partial charge in [-0.3, -0.25) is 8.42 Å². The van der Waals surface area contributed by atoms with Crippen molar-refractivity contribution in [2.24, 2.45) is 11.5 Å². The van der Waals surface area contributed by atoms with E-state index in [0.717, 1.165) is 0 Å². The van der Waals surface area contributed by atoms with Crippen molar-refractivity contribution in [1.82, 2.24) is 0 Å². The summed E-state index contributed by atoms with van der Waals surface area (Å²) < 4.78 is 34.1. The summed E-state index contributed by atoms with van der Waals surface area (Å²) in [6.45, 7) is 0. The van der Waals surface area contributed by atoms with Crippen LogP contribution < -0.4 is 11.5 Å². The van der Waals surface area contributed by atoms with Crippen LogP contribution in [0.1, 0.15) is 0 Å².